The largest absolute Gasteiger partial charge is 0.486 e. The van der Waals surface area contributed by atoms with Gasteiger partial charge in [-0.2, -0.15) is 4.31 Å². The number of carbonyl (C=O) groups is 1. The summed E-state index contributed by atoms with van der Waals surface area (Å²) in [6.45, 7) is 1.50. The standard InChI is InChI=1S/C21H22N2O5S/c24-21-8-4-14-12-16(5-6-17(14)22-21)29(25,26)23-9-1-2-18(23)15-3-7-19-20(13-15)28-11-10-27-19/h3,5-7,12-13,18H,1-2,4,8-11H2,(H,22,24). The lowest BCUT2D eigenvalue weighted by molar-refractivity contribution is -0.116. The third-order valence-corrected chi connectivity index (χ3v) is 7.64. The molecule has 2 aromatic carbocycles. The second-order valence-electron chi connectivity index (χ2n) is 7.54. The van der Waals surface area contributed by atoms with Gasteiger partial charge in [0, 0.05) is 18.7 Å². The highest BCUT2D eigenvalue weighted by Gasteiger charge is 2.37. The van der Waals surface area contributed by atoms with Gasteiger partial charge in [0.1, 0.15) is 13.2 Å². The zero-order valence-corrected chi connectivity index (χ0v) is 16.7. The van der Waals surface area contributed by atoms with Crippen molar-refractivity contribution in [3.05, 3.63) is 47.5 Å². The number of benzene rings is 2. The summed E-state index contributed by atoms with van der Waals surface area (Å²) in [7, 11) is -3.66. The van der Waals surface area contributed by atoms with Crippen LogP contribution in [0.2, 0.25) is 0 Å². The number of rotatable bonds is 3. The molecule has 3 aliphatic heterocycles. The van der Waals surface area contributed by atoms with Crippen molar-refractivity contribution >= 4 is 21.6 Å². The first kappa shape index (κ1) is 18.4. The van der Waals surface area contributed by atoms with Gasteiger partial charge >= 0.3 is 0 Å². The molecule has 3 heterocycles. The number of fused-ring (bicyclic) bond motifs is 2. The number of hydrogen-bond donors (Lipinski definition) is 1. The minimum Gasteiger partial charge on any atom is -0.486 e. The summed E-state index contributed by atoms with van der Waals surface area (Å²) in [4.78, 5) is 11.8. The van der Waals surface area contributed by atoms with Crippen molar-refractivity contribution in [1.82, 2.24) is 4.31 Å². The number of ether oxygens (including phenoxy) is 2. The summed E-state index contributed by atoms with van der Waals surface area (Å²) < 4.78 is 39.7. The van der Waals surface area contributed by atoms with E-state index in [4.69, 9.17) is 9.47 Å². The van der Waals surface area contributed by atoms with Gasteiger partial charge in [0.25, 0.3) is 0 Å². The van der Waals surface area contributed by atoms with E-state index in [9.17, 15) is 13.2 Å². The van der Waals surface area contributed by atoms with Crippen LogP contribution in [0.3, 0.4) is 0 Å². The molecule has 1 unspecified atom stereocenters. The van der Waals surface area contributed by atoms with Crippen molar-refractivity contribution < 1.29 is 22.7 Å². The molecule has 8 heteroatoms. The fourth-order valence-corrected chi connectivity index (χ4v) is 6.02. The normalized spacial score (nSPS) is 21.5. The molecule has 3 aliphatic rings. The van der Waals surface area contributed by atoms with Crippen molar-refractivity contribution in [1.29, 1.82) is 0 Å². The number of aryl methyl sites for hydroxylation is 1. The van der Waals surface area contributed by atoms with Crippen LogP contribution in [0.4, 0.5) is 5.69 Å². The highest BCUT2D eigenvalue weighted by molar-refractivity contribution is 7.89. The molecule has 1 amide bonds. The summed E-state index contributed by atoms with van der Waals surface area (Å²) in [6, 6.07) is 10.4. The van der Waals surface area contributed by atoms with E-state index in [1.165, 1.54) is 0 Å². The van der Waals surface area contributed by atoms with E-state index in [0.29, 0.717) is 49.8 Å². The average molecular weight is 414 g/mol. The first-order chi connectivity index (χ1) is 14.0. The Hall–Kier alpha value is -2.58. The molecule has 0 bridgehead atoms. The molecule has 0 spiro atoms. The molecular formula is C21H22N2O5S. The van der Waals surface area contributed by atoms with Gasteiger partial charge in [0.2, 0.25) is 15.9 Å². The molecule has 29 heavy (non-hydrogen) atoms. The van der Waals surface area contributed by atoms with Gasteiger partial charge in [0.15, 0.2) is 11.5 Å². The second kappa shape index (κ2) is 7.03. The predicted molar refractivity (Wildman–Crippen MR) is 107 cm³/mol. The van der Waals surface area contributed by atoms with Crippen LogP contribution in [0, 0.1) is 0 Å². The van der Waals surface area contributed by atoms with Crippen molar-refractivity contribution in [2.45, 2.75) is 36.6 Å². The fourth-order valence-electron chi connectivity index (χ4n) is 4.28. The summed E-state index contributed by atoms with van der Waals surface area (Å²) in [5.74, 6) is 1.33. The van der Waals surface area contributed by atoms with Gasteiger partial charge in [-0.15, -0.1) is 0 Å². The highest BCUT2D eigenvalue weighted by Crippen LogP contribution is 2.41. The van der Waals surface area contributed by atoms with E-state index in [-0.39, 0.29) is 16.8 Å². The van der Waals surface area contributed by atoms with Gasteiger partial charge in [-0.3, -0.25) is 4.79 Å². The van der Waals surface area contributed by atoms with Crippen molar-refractivity contribution in [2.24, 2.45) is 0 Å². The van der Waals surface area contributed by atoms with Gasteiger partial charge in [-0.05, 0) is 60.7 Å². The molecule has 1 atom stereocenters. The number of amides is 1. The molecule has 0 aliphatic carbocycles. The van der Waals surface area contributed by atoms with Crippen LogP contribution in [0.15, 0.2) is 41.3 Å². The lowest BCUT2D eigenvalue weighted by atomic mass is 10.0. The van der Waals surface area contributed by atoms with Crippen LogP contribution in [-0.2, 0) is 21.2 Å². The summed E-state index contributed by atoms with van der Waals surface area (Å²) >= 11 is 0. The van der Waals surface area contributed by atoms with E-state index in [0.717, 1.165) is 24.0 Å². The van der Waals surface area contributed by atoms with Gasteiger partial charge in [-0.25, -0.2) is 8.42 Å². The summed E-state index contributed by atoms with van der Waals surface area (Å²) in [5, 5.41) is 2.80. The maximum absolute atomic E-state index is 13.4. The quantitative estimate of drug-likeness (QED) is 0.835. The Labute approximate surface area is 169 Å². The van der Waals surface area contributed by atoms with Gasteiger partial charge in [0.05, 0.1) is 10.9 Å². The van der Waals surface area contributed by atoms with Crippen molar-refractivity contribution in [3.8, 4) is 11.5 Å². The number of hydrogen-bond acceptors (Lipinski definition) is 5. The first-order valence-corrected chi connectivity index (χ1v) is 11.3. The highest BCUT2D eigenvalue weighted by atomic mass is 32.2. The van der Waals surface area contributed by atoms with E-state index in [1.54, 1.807) is 22.5 Å². The number of nitrogens with one attached hydrogen (secondary N) is 1. The number of anilines is 1. The number of nitrogens with zero attached hydrogens (tertiary/aromatic N) is 1. The molecule has 1 fully saturated rings. The third kappa shape index (κ3) is 3.26. The number of carbonyl (C=O) groups excluding carboxylic acids is 1. The zero-order chi connectivity index (χ0) is 20.0. The Morgan fingerprint density at radius 2 is 1.83 bits per heavy atom. The molecule has 5 rings (SSSR count). The first-order valence-electron chi connectivity index (χ1n) is 9.86. The molecule has 1 N–H and O–H groups in total. The van der Waals surface area contributed by atoms with E-state index < -0.39 is 10.0 Å². The Bertz CT molecular complexity index is 1080. The minimum absolute atomic E-state index is 0.0358. The maximum Gasteiger partial charge on any atom is 0.243 e. The lowest BCUT2D eigenvalue weighted by Gasteiger charge is -2.27. The molecule has 7 nitrogen and oxygen atoms in total. The van der Waals surface area contributed by atoms with Gasteiger partial charge in [-0.1, -0.05) is 6.07 Å². The van der Waals surface area contributed by atoms with Crippen LogP contribution in [0.5, 0.6) is 11.5 Å². The Balaban J connectivity index is 1.47. The molecular weight excluding hydrogens is 392 g/mol. The average Bonchev–Trinajstić information content (AvgIpc) is 3.24. The van der Waals surface area contributed by atoms with E-state index in [1.807, 2.05) is 18.2 Å². The zero-order valence-electron chi connectivity index (χ0n) is 15.9. The molecule has 2 aromatic rings. The predicted octanol–water partition coefficient (Wildman–Crippen LogP) is 2.87. The molecule has 0 saturated carbocycles. The monoisotopic (exact) mass is 414 g/mol. The van der Waals surface area contributed by atoms with Crippen LogP contribution in [-0.4, -0.2) is 38.4 Å². The second-order valence-corrected chi connectivity index (χ2v) is 9.43. The molecule has 0 aromatic heterocycles. The van der Waals surface area contributed by atoms with Crippen LogP contribution >= 0.6 is 0 Å². The Morgan fingerprint density at radius 3 is 2.69 bits per heavy atom. The van der Waals surface area contributed by atoms with Crippen LogP contribution in [0.25, 0.3) is 0 Å². The SMILES string of the molecule is O=C1CCc2cc(S(=O)(=O)N3CCCC3c3ccc4c(c3)OCCO4)ccc2N1. The maximum atomic E-state index is 13.4. The smallest absolute Gasteiger partial charge is 0.243 e. The van der Waals surface area contributed by atoms with Crippen LogP contribution < -0.4 is 14.8 Å². The minimum atomic E-state index is -3.66. The van der Waals surface area contributed by atoms with Crippen LogP contribution in [0.1, 0.15) is 36.4 Å². The summed E-state index contributed by atoms with van der Waals surface area (Å²) in [6.07, 6.45) is 2.50. The van der Waals surface area contributed by atoms with E-state index >= 15 is 0 Å². The third-order valence-electron chi connectivity index (χ3n) is 5.73. The summed E-state index contributed by atoms with van der Waals surface area (Å²) in [5.41, 5.74) is 2.48. The molecule has 0 radical (unpaired) electrons. The van der Waals surface area contributed by atoms with Gasteiger partial charge < -0.3 is 14.8 Å². The molecule has 152 valence electrons. The lowest BCUT2D eigenvalue weighted by Crippen LogP contribution is -2.31. The molecule has 1 saturated heterocycles. The Kier molecular flexibility index (Phi) is 4.48. The number of sulfonamides is 1. The topological polar surface area (TPSA) is 84.9 Å². The van der Waals surface area contributed by atoms with E-state index in [2.05, 4.69) is 5.32 Å². The Morgan fingerprint density at radius 1 is 1.00 bits per heavy atom. The van der Waals surface area contributed by atoms with Crippen molar-refractivity contribution in [2.75, 3.05) is 25.1 Å². The fraction of sp³-hybridized carbons (Fsp3) is 0.381. The van der Waals surface area contributed by atoms with Crippen molar-refractivity contribution in [3.63, 3.8) is 0 Å².